The molecule has 1 aliphatic rings. The van der Waals surface area contributed by atoms with Crippen molar-refractivity contribution in [3.05, 3.63) is 80.4 Å². The van der Waals surface area contributed by atoms with E-state index in [1.54, 1.807) is 0 Å². The molecule has 0 amide bonds. The van der Waals surface area contributed by atoms with Crippen LogP contribution in [0, 0.1) is 0 Å². The molecule has 2 aromatic carbocycles. The van der Waals surface area contributed by atoms with Gasteiger partial charge in [0.1, 0.15) is 6.61 Å². The van der Waals surface area contributed by atoms with E-state index in [4.69, 9.17) is 9.47 Å². The highest BCUT2D eigenvalue weighted by atomic mass is 32.1. The summed E-state index contributed by atoms with van der Waals surface area (Å²) < 4.78 is 13.6. The molecule has 5 rings (SSSR count). The molecule has 0 aliphatic carbocycles. The van der Waals surface area contributed by atoms with Crippen LogP contribution in [0.25, 0.3) is 11.0 Å². The van der Waals surface area contributed by atoms with E-state index < -0.39 is 6.10 Å². The van der Waals surface area contributed by atoms with Gasteiger partial charge in [-0.05, 0) is 35.8 Å². The lowest BCUT2D eigenvalue weighted by atomic mass is 10.1. The number of ether oxygens (including phenoxy) is 2. The third-order valence-corrected chi connectivity index (χ3v) is 5.64. The Bertz CT molecular complexity index is 1260. The van der Waals surface area contributed by atoms with Crippen molar-refractivity contribution < 1.29 is 9.47 Å². The van der Waals surface area contributed by atoms with Crippen molar-refractivity contribution >= 4 is 22.4 Å². The van der Waals surface area contributed by atoms with Gasteiger partial charge in [0, 0.05) is 0 Å². The molecule has 4 aromatic rings. The van der Waals surface area contributed by atoms with Crippen molar-refractivity contribution in [3.63, 3.8) is 0 Å². The van der Waals surface area contributed by atoms with Gasteiger partial charge in [-0.15, -0.1) is 5.10 Å². The molecule has 1 atom stereocenters. The Morgan fingerprint density at radius 2 is 1.96 bits per heavy atom. The first-order valence-electron chi connectivity index (χ1n) is 9.10. The topological polar surface area (TPSA) is 65.7 Å². The van der Waals surface area contributed by atoms with Crippen LogP contribution >= 0.6 is 11.3 Å². The number of nitrogens with zero attached hydrogens (tertiary/aromatic N) is 3. The minimum atomic E-state index is -0.435. The van der Waals surface area contributed by atoms with Crippen molar-refractivity contribution in [1.29, 1.82) is 0 Å². The Hall–Kier alpha value is -3.19. The normalized spacial score (nSPS) is 16.6. The highest BCUT2D eigenvalue weighted by Gasteiger charge is 2.26. The van der Waals surface area contributed by atoms with Crippen molar-refractivity contribution in [3.8, 4) is 11.5 Å². The molecule has 0 spiro atoms. The van der Waals surface area contributed by atoms with Gasteiger partial charge in [0.2, 0.25) is 4.96 Å². The summed E-state index contributed by atoms with van der Waals surface area (Å²) in [6.07, 6.45) is 2.43. The molecule has 3 heterocycles. The summed E-state index contributed by atoms with van der Waals surface area (Å²) in [5.41, 5.74) is 2.08. The second-order valence-electron chi connectivity index (χ2n) is 6.54. The average molecular weight is 391 g/mol. The predicted octanol–water partition coefficient (Wildman–Crippen LogP) is 2.77. The number of benzene rings is 2. The highest BCUT2D eigenvalue weighted by molar-refractivity contribution is 7.15. The molecule has 0 unspecified atom stereocenters. The molecule has 1 aliphatic heterocycles. The third kappa shape index (κ3) is 2.93. The van der Waals surface area contributed by atoms with Gasteiger partial charge < -0.3 is 9.47 Å². The Kier molecular flexibility index (Phi) is 4.09. The van der Waals surface area contributed by atoms with Crippen molar-refractivity contribution in [2.24, 2.45) is 0 Å². The van der Waals surface area contributed by atoms with Gasteiger partial charge in [-0.25, -0.2) is 0 Å². The summed E-state index contributed by atoms with van der Waals surface area (Å²) in [7, 11) is 0. The highest BCUT2D eigenvalue weighted by Crippen LogP contribution is 2.35. The summed E-state index contributed by atoms with van der Waals surface area (Å²) in [4.78, 5) is 17.8. The Morgan fingerprint density at radius 1 is 1.18 bits per heavy atom. The number of aryl methyl sites for hydroxylation is 1. The second-order valence-corrected chi connectivity index (χ2v) is 7.55. The maximum absolute atomic E-state index is 12.7. The van der Waals surface area contributed by atoms with Gasteiger partial charge in [0.05, 0.1) is 4.53 Å². The zero-order chi connectivity index (χ0) is 19.1. The first-order valence-corrected chi connectivity index (χ1v) is 9.91. The van der Waals surface area contributed by atoms with Crippen LogP contribution in [0.15, 0.2) is 53.3 Å². The maximum atomic E-state index is 12.7. The zero-order valence-corrected chi connectivity index (χ0v) is 16.0. The van der Waals surface area contributed by atoms with E-state index in [0.29, 0.717) is 33.4 Å². The van der Waals surface area contributed by atoms with Gasteiger partial charge in [-0.1, -0.05) is 54.7 Å². The van der Waals surface area contributed by atoms with Crippen LogP contribution in [0.2, 0.25) is 0 Å². The first kappa shape index (κ1) is 16.9. The number of hydrogen-bond donors (Lipinski definition) is 0. The fraction of sp³-hybridized carbons (Fsp3) is 0.190. The monoisotopic (exact) mass is 391 g/mol. The second kappa shape index (κ2) is 6.76. The lowest BCUT2D eigenvalue weighted by Gasteiger charge is -2.24. The third-order valence-electron chi connectivity index (χ3n) is 4.68. The molecule has 0 N–H and O–H groups in total. The van der Waals surface area contributed by atoms with Gasteiger partial charge in [0.25, 0.3) is 5.56 Å². The van der Waals surface area contributed by atoms with Gasteiger partial charge >= 0.3 is 0 Å². The fourth-order valence-electron chi connectivity index (χ4n) is 3.13. The van der Waals surface area contributed by atoms with Crippen LogP contribution in [0.4, 0.5) is 0 Å². The quantitative estimate of drug-likeness (QED) is 0.537. The molecular formula is C21H17N3O3S. The van der Waals surface area contributed by atoms with E-state index >= 15 is 0 Å². The van der Waals surface area contributed by atoms with Crippen molar-refractivity contribution in [2.75, 3.05) is 6.61 Å². The van der Waals surface area contributed by atoms with Gasteiger partial charge in [-0.2, -0.15) is 9.50 Å². The Labute approximate surface area is 164 Å². The maximum Gasteiger partial charge on any atom is 0.291 e. The molecule has 7 heteroatoms. The van der Waals surface area contributed by atoms with Gasteiger partial charge in [-0.3, -0.25) is 4.79 Å². The molecule has 0 saturated carbocycles. The predicted molar refractivity (Wildman–Crippen MR) is 107 cm³/mol. The Morgan fingerprint density at radius 3 is 2.71 bits per heavy atom. The molecule has 0 fully saturated rings. The van der Waals surface area contributed by atoms with Gasteiger partial charge in [0.15, 0.2) is 23.4 Å². The summed E-state index contributed by atoms with van der Waals surface area (Å²) in [6.45, 7) is 2.43. The SMILES string of the molecule is CCc1ccc(/C=c2/sc3nc([C@H]4COc5ccccc5O4)nn3c2=O)cc1. The fourth-order valence-corrected chi connectivity index (χ4v) is 4.05. The van der Waals surface area contributed by atoms with E-state index in [9.17, 15) is 4.79 Å². The Balaban J connectivity index is 1.47. The molecule has 28 heavy (non-hydrogen) atoms. The first-order chi connectivity index (χ1) is 13.7. The summed E-state index contributed by atoms with van der Waals surface area (Å²) in [5, 5.41) is 4.38. The molecule has 0 saturated heterocycles. The van der Waals surface area contributed by atoms with Crippen LogP contribution in [0.5, 0.6) is 11.5 Å². The van der Waals surface area contributed by atoms with E-state index in [1.165, 1.54) is 21.4 Å². The molecule has 2 aromatic heterocycles. The summed E-state index contributed by atoms with van der Waals surface area (Å²) in [6, 6.07) is 15.7. The number of thiazole rings is 1. The number of aromatic nitrogens is 3. The van der Waals surface area contributed by atoms with Crippen LogP contribution in [0.1, 0.15) is 30.0 Å². The molecule has 140 valence electrons. The van der Waals surface area contributed by atoms with Crippen molar-refractivity contribution in [2.45, 2.75) is 19.4 Å². The zero-order valence-electron chi connectivity index (χ0n) is 15.2. The van der Waals surface area contributed by atoms with Crippen LogP contribution < -0.4 is 19.6 Å². The van der Waals surface area contributed by atoms with Crippen LogP contribution in [0.3, 0.4) is 0 Å². The summed E-state index contributed by atoms with van der Waals surface area (Å²) >= 11 is 1.32. The van der Waals surface area contributed by atoms with Crippen molar-refractivity contribution in [1.82, 2.24) is 14.6 Å². The number of hydrogen-bond acceptors (Lipinski definition) is 6. The van der Waals surface area contributed by atoms with E-state index in [2.05, 4.69) is 29.1 Å². The number of para-hydroxylation sites is 2. The number of rotatable bonds is 3. The van der Waals surface area contributed by atoms with E-state index in [-0.39, 0.29) is 5.56 Å². The minimum Gasteiger partial charge on any atom is -0.485 e. The largest absolute Gasteiger partial charge is 0.485 e. The smallest absolute Gasteiger partial charge is 0.291 e. The van der Waals surface area contributed by atoms with Crippen LogP contribution in [-0.4, -0.2) is 21.2 Å². The molecular weight excluding hydrogens is 374 g/mol. The standard InChI is InChI=1S/C21H17N3O3S/c1-2-13-7-9-14(10-8-13)11-18-20(25)24-21(28-18)22-19(23-24)17-12-26-15-5-3-4-6-16(15)27-17/h3-11,17H,2,12H2,1H3/b18-11+/t17-/m1/s1. The lowest BCUT2D eigenvalue weighted by Crippen LogP contribution is -2.26. The van der Waals surface area contributed by atoms with E-state index in [0.717, 1.165) is 12.0 Å². The molecule has 0 bridgehead atoms. The van der Waals surface area contributed by atoms with E-state index in [1.807, 2.05) is 42.5 Å². The average Bonchev–Trinajstić information content (AvgIpc) is 3.28. The lowest BCUT2D eigenvalue weighted by molar-refractivity contribution is 0.0852. The minimum absolute atomic E-state index is 0.171. The summed E-state index contributed by atoms with van der Waals surface area (Å²) in [5.74, 6) is 1.82. The molecule has 6 nitrogen and oxygen atoms in total. The number of fused-ring (bicyclic) bond motifs is 2. The van der Waals surface area contributed by atoms with Crippen LogP contribution in [-0.2, 0) is 6.42 Å². The molecule has 0 radical (unpaired) electrons.